The van der Waals surface area contributed by atoms with Gasteiger partial charge in [-0.15, -0.1) is 0 Å². The summed E-state index contributed by atoms with van der Waals surface area (Å²) in [6.45, 7) is 3.44. The van der Waals surface area contributed by atoms with Crippen molar-refractivity contribution in [2.45, 2.75) is 20.1 Å². The summed E-state index contributed by atoms with van der Waals surface area (Å²) in [4.78, 5) is 4.03. The summed E-state index contributed by atoms with van der Waals surface area (Å²) in [7, 11) is 0. The zero-order valence-corrected chi connectivity index (χ0v) is 10.5. The van der Waals surface area contributed by atoms with Crippen LogP contribution in [0.15, 0.2) is 35.3 Å². The highest BCUT2D eigenvalue weighted by Crippen LogP contribution is 2.16. The highest BCUT2D eigenvalue weighted by atomic mass is 79.9. The van der Waals surface area contributed by atoms with Crippen molar-refractivity contribution in [1.29, 1.82) is 0 Å². The Labute approximate surface area is 102 Å². The average molecular weight is 282 g/mol. The van der Waals surface area contributed by atoms with Crippen LogP contribution in [-0.2, 0) is 13.2 Å². The van der Waals surface area contributed by atoms with E-state index >= 15 is 0 Å². The number of halogens is 1. The summed E-state index contributed by atoms with van der Waals surface area (Å²) in [5.74, 6) is 0.749. The van der Waals surface area contributed by atoms with E-state index in [4.69, 9.17) is 4.74 Å². The van der Waals surface area contributed by atoms with Crippen molar-refractivity contribution in [3.05, 3.63) is 40.9 Å². The van der Waals surface area contributed by atoms with E-state index in [0.29, 0.717) is 6.61 Å². The average Bonchev–Trinajstić information content (AvgIpc) is 2.74. The minimum atomic E-state index is 0.512. The fourth-order valence-corrected chi connectivity index (χ4v) is 1.64. The summed E-state index contributed by atoms with van der Waals surface area (Å²) < 4.78 is 8.37. The van der Waals surface area contributed by atoms with Crippen molar-refractivity contribution in [1.82, 2.24) is 14.8 Å². The fourth-order valence-electron chi connectivity index (χ4n) is 1.29. The Bertz CT molecular complexity index is 470. The van der Waals surface area contributed by atoms with Crippen LogP contribution < -0.4 is 4.74 Å². The number of pyridine rings is 1. The van der Waals surface area contributed by atoms with E-state index in [9.17, 15) is 0 Å². The molecule has 0 aliphatic rings. The third-order valence-corrected chi connectivity index (χ3v) is 2.53. The van der Waals surface area contributed by atoms with Gasteiger partial charge < -0.3 is 4.74 Å². The van der Waals surface area contributed by atoms with Gasteiger partial charge in [-0.3, -0.25) is 9.67 Å². The van der Waals surface area contributed by atoms with Crippen LogP contribution in [0.1, 0.15) is 12.5 Å². The lowest BCUT2D eigenvalue weighted by Crippen LogP contribution is -1.95. The van der Waals surface area contributed by atoms with Crippen LogP contribution in [0.25, 0.3) is 0 Å². The molecule has 0 N–H and O–H groups in total. The lowest BCUT2D eigenvalue weighted by molar-refractivity contribution is 0.304. The van der Waals surface area contributed by atoms with Gasteiger partial charge in [0.05, 0.1) is 12.4 Å². The molecular weight excluding hydrogens is 270 g/mol. The van der Waals surface area contributed by atoms with Crippen molar-refractivity contribution < 1.29 is 4.74 Å². The molecule has 2 aromatic heterocycles. The molecule has 0 spiro atoms. The largest absolute Gasteiger partial charge is 0.487 e. The van der Waals surface area contributed by atoms with E-state index < -0.39 is 0 Å². The quantitative estimate of drug-likeness (QED) is 0.865. The molecule has 4 nitrogen and oxygen atoms in total. The minimum Gasteiger partial charge on any atom is -0.487 e. The van der Waals surface area contributed by atoms with E-state index in [2.05, 4.69) is 32.9 Å². The van der Waals surface area contributed by atoms with E-state index in [1.165, 1.54) is 0 Å². The third-order valence-electron chi connectivity index (χ3n) is 2.10. The van der Waals surface area contributed by atoms with Crippen LogP contribution in [0.4, 0.5) is 0 Å². The van der Waals surface area contributed by atoms with Crippen LogP contribution in [0.3, 0.4) is 0 Å². The van der Waals surface area contributed by atoms with E-state index in [1.54, 1.807) is 12.4 Å². The highest BCUT2D eigenvalue weighted by Gasteiger charge is 1.99. The molecule has 2 rings (SSSR count). The molecule has 0 saturated heterocycles. The Morgan fingerprint density at radius 2 is 2.25 bits per heavy atom. The van der Waals surface area contributed by atoms with Crippen LogP contribution >= 0.6 is 15.9 Å². The first kappa shape index (κ1) is 11.1. The zero-order chi connectivity index (χ0) is 11.4. The van der Waals surface area contributed by atoms with Gasteiger partial charge in [0.25, 0.3) is 0 Å². The normalized spacial score (nSPS) is 10.4. The Hall–Kier alpha value is -1.36. The van der Waals surface area contributed by atoms with Crippen molar-refractivity contribution in [3.8, 4) is 5.75 Å². The van der Waals surface area contributed by atoms with Gasteiger partial charge >= 0.3 is 0 Å². The Balaban J connectivity index is 1.96. The molecule has 16 heavy (non-hydrogen) atoms. The number of aromatic nitrogens is 3. The van der Waals surface area contributed by atoms with Gasteiger partial charge in [0.15, 0.2) is 0 Å². The van der Waals surface area contributed by atoms with E-state index in [-0.39, 0.29) is 0 Å². The van der Waals surface area contributed by atoms with Gasteiger partial charge in [-0.2, -0.15) is 5.10 Å². The van der Waals surface area contributed by atoms with E-state index in [1.807, 2.05) is 23.1 Å². The number of aryl methyl sites for hydroxylation is 1. The monoisotopic (exact) mass is 281 g/mol. The summed E-state index contributed by atoms with van der Waals surface area (Å²) in [6, 6.07) is 1.89. The second kappa shape index (κ2) is 5.12. The summed E-state index contributed by atoms with van der Waals surface area (Å²) in [5.41, 5.74) is 1.06. The van der Waals surface area contributed by atoms with Crippen LogP contribution in [0.5, 0.6) is 5.75 Å². The molecule has 0 bridgehead atoms. The van der Waals surface area contributed by atoms with Crippen LogP contribution in [-0.4, -0.2) is 14.8 Å². The molecule has 5 heteroatoms. The Morgan fingerprint density at radius 1 is 1.38 bits per heavy atom. The minimum absolute atomic E-state index is 0.512. The molecular formula is C11H12BrN3O. The molecule has 2 aromatic rings. The van der Waals surface area contributed by atoms with Crippen LogP contribution in [0, 0.1) is 0 Å². The second-order valence-electron chi connectivity index (χ2n) is 3.33. The molecule has 0 atom stereocenters. The second-order valence-corrected chi connectivity index (χ2v) is 4.25. The van der Waals surface area contributed by atoms with Crippen LogP contribution in [0.2, 0.25) is 0 Å². The third kappa shape index (κ3) is 2.82. The molecule has 0 radical (unpaired) electrons. The SMILES string of the molecule is CCn1cc(COc2cncc(Br)c2)cn1. The molecule has 0 aromatic carbocycles. The standard InChI is InChI=1S/C11H12BrN3O/c1-2-15-7-9(4-14-15)8-16-11-3-10(12)5-13-6-11/h3-7H,2,8H2,1H3. The maximum atomic E-state index is 5.58. The van der Waals surface area contributed by atoms with Gasteiger partial charge in [0, 0.05) is 29.0 Å². The van der Waals surface area contributed by atoms with Gasteiger partial charge in [-0.1, -0.05) is 0 Å². The van der Waals surface area contributed by atoms with Gasteiger partial charge in [0.1, 0.15) is 12.4 Å². The lowest BCUT2D eigenvalue weighted by Gasteiger charge is -2.03. The Kier molecular flexibility index (Phi) is 3.56. The van der Waals surface area contributed by atoms with Crippen molar-refractivity contribution in [2.75, 3.05) is 0 Å². The number of ether oxygens (including phenoxy) is 1. The number of hydrogen-bond donors (Lipinski definition) is 0. The number of hydrogen-bond acceptors (Lipinski definition) is 3. The van der Waals surface area contributed by atoms with Gasteiger partial charge in [0.2, 0.25) is 0 Å². The topological polar surface area (TPSA) is 39.9 Å². The molecule has 0 unspecified atom stereocenters. The lowest BCUT2D eigenvalue weighted by atomic mass is 10.4. The van der Waals surface area contributed by atoms with Crippen molar-refractivity contribution >= 4 is 15.9 Å². The molecule has 2 heterocycles. The van der Waals surface area contributed by atoms with Gasteiger partial charge in [-0.05, 0) is 28.9 Å². The maximum absolute atomic E-state index is 5.58. The van der Waals surface area contributed by atoms with Crippen molar-refractivity contribution in [3.63, 3.8) is 0 Å². The highest BCUT2D eigenvalue weighted by molar-refractivity contribution is 9.10. The predicted octanol–water partition coefficient (Wildman–Crippen LogP) is 2.64. The molecule has 0 aliphatic carbocycles. The molecule has 0 amide bonds. The summed E-state index contributed by atoms with van der Waals surface area (Å²) in [5, 5.41) is 4.18. The predicted molar refractivity (Wildman–Crippen MR) is 64.2 cm³/mol. The summed E-state index contributed by atoms with van der Waals surface area (Å²) in [6.07, 6.45) is 7.21. The maximum Gasteiger partial charge on any atom is 0.139 e. The summed E-state index contributed by atoms with van der Waals surface area (Å²) >= 11 is 3.34. The van der Waals surface area contributed by atoms with E-state index in [0.717, 1.165) is 22.3 Å². The first-order valence-electron chi connectivity index (χ1n) is 5.02. The zero-order valence-electron chi connectivity index (χ0n) is 8.93. The molecule has 84 valence electrons. The first-order valence-corrected chi connectivity index (χ1v) is 5.82. The van der Waals surface area contributed by atoms with Gasteiger partial charge in [-0.25, -0.2) is 0 Å². The molecule has 0 fully saturated rings. The number of rotatable bonds is 4. The first-order chi connectivity index (χ1) is 7.78. The smallest absolute Gasteiger partial charge is 0.139 e. The fraction of sp³-hybridized carbons (Fsp3) is 0.273. The number of nitrogens with zero attached hydrogens (tertiary/aromatic N) is 3. The van der Waals surface area contributed by atoms with Crippen molar-refractivity contribution in [2.24, 2.45) is 0 Å². The Morgan fingerprint density at radius 3 is 2.94 bits per heavy atom. The molecule has 0 saturated carbocycles. The molecule has 0 aliphatic heterocycles.